The van der Waals surface area contributed by atoms with E-state index in [0.29, 0.717) is 11.3 Å². The molecule has 3 nitrogen and oxygen atoms in total. The highest BCUT2D eigenvalue weighted by molar-refractivity contribution is 7.99. The molecule has 0 aromatic heterocycles. The standard InChI is InChI=1S/C15H30N2OS/c1-6-15(4,5)17-14(18)11(3)16-12-9-8-10-13(12)19-7-2/h11-13,16H,6-10H2,1-5H3,(H,17,18). The number of hydrogen-bond acceptors (Lipinski definition) is 3. The first-order valence-electron chi connectivity index (χ1n) is 7.59. The van der Waals surface area contributed by atoms with Gasteiger partial charge in [-0.15, -0.1) is 0 Å². The SMILES string of the molecule is CCSC1CCCC1NC(C)C(=O)NC(C)(C)CC. The van der Waals surface area contributed by atoms with Gasteiger partial charge in [0.25, 0.3) is 0 Å². The van der Waals surface area contributed by atoms with Gasteiger partial charge in [-0.3, -0.25) is 4.79 Å². The summed E-state index contributed by atoms with van der Waals surface area (Å²) in [5.74, 6) is 1.28. The lowest BCUT2D eigenvalue weighted by atomic mass is 10.0. The molecule has 0 heterocycles. The second-order valence-corrected chi connectivity index (χ2v) is 7.66. The quantitative estimate of drug-likeness (QED) is 0.756. The number of carbonyl (C=O) groups is 1. The number of thioether (sulfide) groups is 1. The molecule has 0 bridgehead atoms. The van der Waals surface area contributed by atoms with Crippen molar-refractivity contribution in [2.24, 2.45) is 0 Å². The van der Waals surface area contributed by atoms with E-state index < -0.39 is 0 Å². The lowest BCUT2D eigenvalue weighted by Crippen LogP contribution is -2.53. The minimum Gasteiger partial charge on any atom is -0.350 e. The molecule has 1 saturated carbocycles. The minimum atomic E-state index is -0.111. The third-order valence-corrected chi connectivity index (χ3v) is 5.36. The van der Waals surface area contributed by atoms with Gasteiger partial charge in [0.05, 0.1) is 6.04 Å². The van der Waals surface area contributed by atoms with Crippen LogP contribution in [0.3, 0.4) is 0 Å². The van der Waals surface area contributed by atoms with Crippen LogP contribution < -0.4 is 10.6 Å². The minimum absolute atomic E-state index is 0.103. The van der Waals surface area contributed by atoms with Gasteiger partial charge >= 0.3 is 0 Å². The second kappa shape index (κ2) is 7.53. The van der Waals surface area contributed by atoms with Crippen molar-refractivity contribution in [3.63, 3.8) is 0 Å². The maximum Gasteiger partial charge on any atom is 0.237 e. The fourth-order valence-corrected chi connectivity index (χ4v) is 3.67. The molecule has 0 aromatic rings. The maximum atomic E-state index is 12.2. The van der Waals surface area contributed by atoms with Crippen LogP contribution in [0.2, 0.25) is 0 Å². The van der Waals surface area contributed by atoms with Gasteiger partial charge in [-0.05, 0) is 45.8 Å². The molecule has 19 heavy (non-hydrogen) atoms. The van der Waals surface area contributed by atoms with Crippen LogP contribution in [0.15, 0.2) is 0 Å². The van der Waals surface area contributed by atoms with Crippen molar-refractivity contribution in [3.8, 4) is 0 Å². The zero-order chi connectivity index (χ0) is 14.5. The predicted octanol–water partition coefficient (Wildman–Crippen LogP) is 2.94. The molecule has 0 radical (unpaired) electrons. The van der Waals surface area contributed by atoms with E-state index in [9.17, 15) is 4.79 Å². The largest absolute Gasteiger partial charge is 0.350 e. The van der Waals surface area contributed by atoms with Crippen molar-refractivity contribution < 1.29 is 4.79 Å². The summed E-state index contributed by atoms with van der Waals surface area (Å²) in [6, 6.07) is 0.393. The monoisotopic (exact) mass is 286 g/mol. The topological polar surface area (TPSA) is 41.1 Å². The Hall–Kier alpha value is -0.220. The van der Waals surface area contributed by atoms with E-state index in [1.807, 2.05) is 18.7 Å². The van der Waals surface area contributed by atoms with Gasteiger partial charge in [-0.2, -0.15) is 11.8 Å². The number of rotatable bonds is 7. The lowest BCUT2D eigenvalue weighted by molar-refractivity contribution is -0.124. The maximum absolute atomic E-state index is 12.2. The van der Waals surface area contributed by atoms with Gasteiger partial charge in [0.2, 0.25) is 5.91 Å². The molecule has 0 aliphatic heterocycles. The number of nitrogens with one attached hydrogen (secondary N) is 2. The normalized spacial score (nSPS) is 25.3. The number of amides is 1. The zero-order valence-corrected chi connectivity index (χ0v) is 13.9. The Morgan fingerprint density at radius 3 is 2.63 bits per heavy atom. The summed E-state index contributed by atoms with van der Waals surface area (Å²) < 4.78 is 0. The summed E-state index contributed by atoms with van der Waals surface area (Å²) >= 11 is 2.02. The van der Waals surface area contributed by atoms with Gasteiger partial charge in [0.15, 0.2) is 0 Å². The van der Waals surface area contributed by atoms with Crippen LogP contribution >= 0.6 is 11.8 Å². The molecule has 112 valence electrons. The van der Waals surface area contributed by atoms with Crippen LogP contribution in [-0.2, 0) is 4.79 Å². The molecule has 3 unspecified atom stereocenters. The first kappa shape index (κ1) is 16.8. The van der Waals surface area contributed by atoms with Crippen molar-refractivity contribution >= 4 is 17.7 Å². The Kier molecular flexibility index (Phi) is 6.67. The van der Waals surface area contributed by atoms with Crippen LogP contribution in [-0.4, -0.2) is 34.5 Å². The molecule has 1 aliphatic carbocycles. The first-order chi connectivity index (χ1) is 8.89. The van der Waals surface area contributed by atoms with Gasteiger partial charge in [0, 0.05) is 16.8 Å². The third-order valence-electron chi connectivity index (χ3n) is 4.04. The summed E-state index contributed by atoms with van der Waals surface area (Å²) in [5.41, 5.74) is -0.111. The number of hydrogen-bond donors (Lipinski definition) is 2. The Morgan fingerprint density at radius 2 is 2.05 bits per heavy atom. The van der Waals surface area contributed by atoms with Gasteiger partial charge in [-0.25, -0.2) is 0 Å². The van der Waals surface area contributed by atoms with Crippen LogP contribution in [0.1, 0.15) is 60.3 Å². The van der Waals surface area contributed by atoms with Gasteiger partial charge in [0.1, 0.15) is 0 Å². The molecule has 0 saturated heterocycles. The first-order valence-corrected chi connectivity index (χ1v) is 8.64. The summed E-state index contributed by atoms with van der Waals surface area (Å²) in [6.45, 7) is 10.4. The fraction of sp³-hybridized carbons (Fsp3) is 0.933. The Bertz CT molecular complexity index is 294. The van der Waals surface area contributed by atoms with E-state index in [4.69, 9.17) is 0 Å². The van der Waals surface area contributed by atoms with E-state index in [2.05, 4.69) is 38.3 Å². The Morgan fingerprint density at radius 1 is 1.37 bits per heavy atom. The molecule has 3 atom stereocenters. The van der Waals surface area contributed by atoms with Crippen LogP contribution in [0.4, 0.5) is 0 Å². The van der Waals surface area contributed by atoms with Crippen molar-refractivity contribution in [3.05, 3.63) is 0 Å². The molecule has 0 aromatic carbocycles. The van der Waals surface area contributed by atoms with Crippen LogP contribution in [0.25, 0.3) is 0 Å². The van der Waals surface area contributed by atoms with Crippen LogP contribution in [0, 0.1) is 0 Å². The molecule has 1 rings (SSSR count). The summed E-state index contributed by atoms with van der Waals surface area (Å²) in [6.07, 6.45) is 4.71. The van der Waals surface area contributed by atoms with Gasteiger partial charge < -0.3 is 10.6 Å². The second-order valence-electron chi connectivity index (χ2n) is 6.15. The van der Waals surface area contributed by atoms with Crippen molar-refractivity contribution in [1.29, 1.82) is 0 Å². The highest BCUT2D eigenvalue weighted by atomic mass is 32.2. The fourth-order valence-electron chi connectivity index (χ4n) is 2.46. The third kappa shape index (κ3) is 5.35. The highest BCUT2D eigenvalue weighted by Gasteiger charge is 2.30. The summed E-state index contributed by atoms with van der Waals surface area (Å²) in [7, 11) is 0. The van der Waals surface area contributed by atoms with E-state index in [1.165, 1.54) is 19.3 Å². The smallest absolute Gasteiger partial charge is 0.237 e. The molecule has 0 spiro atoms. The predicted molar refractivity (Wildman–Crippen MR) is 84.7 cm³/mol. The Balaban J connectivity index is 2.45. The van der Waals surface area contributed by atoms with E-state index >= 15 is 0 Å². The summed E-state index contributed by atoms with van der Waals surface area (Å²) in [4.78, 5) is 12.2. The average Bonchev–Trinajstić information content (AvgIpc) is 2.76. The van der Waals surface area contributed by atoms with E-state index in [1.54, 1.807) is 0 Å². The van der Waals surface area contributed by atoms with Gasteiger partial charge in [-0.1, -0.05) is 20.3 Å². The van der Waals surface area contributed by atoms with Crippen LogP contribution in [0.5, 0.6) is 0 Å². The van der Waals surface area contributed by atoms with E-state index in [-0.39, 0.29) is 17.5 Å². The Labute approximate surface area is 122 Å². The zero-order valence-electron chi connectivity index (χ0n) is 13.1. The summed E-state index contributed by atoms with van der Waals surface area (Å²) in [5, 5.41) is 7.33. The molecular formula is C15H30N2OS. The molecule has 1 fully saturated rings. The lowest BCUT2D eigenvalue weighted by Gasteiger charge is -2.29. The van der Waals surface area contributed by atoms with Crippen molar-refractivity contribution in [2.45, 2.75) is 83.2 Å². The molecule has 4 heteroatoms. The highest BCUT2D eigenvalue weighted by Crippen LogP contribution is 2.30. The van der Waals surface area contributed by atoms with E-state index in [0.717, 1.165) is 12.2 Å². The molecule has 1 amide bonds. The van der Waals surface area contributed by atoms with Crippen molar-refractivity contribution in [1.82, 2.24) is 10.6 Å². The molecular weight excluding hydrogens is 256 g/mol. The average molecular weight is 286 g/mol. The molecule has 2 N–H and O–H groups in total. The molecule has 1 aliphatic rings. The van der Waals surface area contributed by atoms with Crippen molar-refractivity contribution in [2.75, 3.05) is 5.75 Å². The number of carbonyl (C=O) groups excluding carboxylic acids is 1.